The summed E-state index contributed by atoms with van der Waals surface area (Å²) >= 11 is 1.47. The van der Waals surface area contributed by atoms with E-state index in [0.29, 0.717) is 17.5 Å². The summed E-state index contributed by atoms with van der Waals surface area (Å²) in [5.74, 6) is -1.49. The number of cyclic esters (lactones) is 1. The number of fused-ring (bicyclic) bond motifs is 2. The van der Waals surface area contributed by atoms with Gasteiger partial charge in [0.25, 0.3) is 6.29 Å². The molecule has 4 atom stereocenters. The minimum atomic E-state index is -1.13. The molecular formula is C22H21NO7S. The second-order valence-electron chi connectivity index (χ2n) is 7.17. The fraction of sp³-hybridized carbons (Fsp3) is 0.364. The minimum absolute atomic E-state index is 0.187. The van der Waals surface area contributed by atoms with Crippen LogP contribution in [0, 0.1) is 5.92 Å². The van der Waals surface area contributed by atoms with Gasteiger partial charge in [0.2, 0.25) is 5.91 Å². The van der Waals surface area contributed by atoms with Gasteiger partial charge in [-0.3, -0.25) is 4.79 Å². The van der Waals surface area contributed by atoms with Crippen LogP contribution in [-0.4, -0.2) is 53.7 Å². The highest BCUT2D eigenvalue weighted by atomic mass is 32.2. The van der Waals surface area contributed by atoms with Crippen LogP contribution in [0.2, 0.25) is 0 Å². The first-order valence-electron chi connectivity index (χ1n) is 9.87. The highest BCUT2D eigenvalue weighted by Gasteiger charge is 2.56. The van der Waals surface area contributed by atoms with E-state index in [0.717, 1.165) is 10.7 Å². The molecule has 1 saturated heterocycles. The van der Waals surface area contributed by atoms with Gasteiger partial charge in [-0.2, -0.15) is 0 Å². The lowest BCUT2D eigenvalue weighted by atomic mass is 9.86. The van der Waals surface area contributed by atoms with E-state index < -0.39 is 30.2 Å². The summed E-state index contributed by atoms with van der Waals surface area (Å²) in [5.41, 5.74) is 0.852. The van der Waals surface area contributed by atoms with Gasteiger partial charge >= 0.3 is 17.9 Å². The third-order valence-corrected chi connectivity index (χ3v) is 6.42. The molecule has 3 aliphatic heterocycles. The zero-order valence-corrected chi connectivity index (χ0v) is 17.8. The summed E-state index contributed by atoms with van der Waals surface area (Å²) in [6, 6.07) is 5.61. The number of carbonyl (C=O) groups is 4. The Balaban J connectivity index is 1.48. The molecule has 1 amide bonds. The van der Waals surface area contributed by atoms with Gasteiger partial charge in [0, 0.05) is 16.5 Å². The van der Waals surface area contributed by atoms with Crippen LogP contribution >= 0.6 is 11.8 Å². The zero-order chi connectivity index (χ0) is 22.1. The number of thioether (sulfide) groups is 1. The molecular weight excluding hydrogens is 422 g/mol. The van der Waals surface area contributed by atoms with Gasteiger partial charge in [0.05, 0.1) is 24.6 Å². The summed E-state index contributed by atoms with van der Waals surface area (Å²) in [5, 5.41) is 0. The lowest BCUT2D eigenvalue weighted by Crippen LogP contribution is -2.62. The van der Waals surface area contributed by atoms with Crippen molar-refractivity contribution >= 4 is 35.6 Å². The molecule has 0 spiro atoms. The maximum Gasteiger partial charge on any atom is 0.342 e. The second kappa shape index (κ2) is 8.58. The number of β-lactam (4-membered cyclic amide) rings is 1. The van der Waals surface area contributed by atoms with Crippen LogP contribution in [0.3, 0.4) is 0 Å². The fourth-order valence-corrected chi connectivity index (χ4v) is 4.94. The molecule has 4 rings (SSSR count). The number of benzene rings is 1. The smallest absolute Gasteiger partial charge is 0.342 e. The molecule has 0 N–H and O–H groups in total. The van der Waals surface area contributed by atoms with Crippen molar-refractivity contribution in [3.8, 4) is 0 Å². The standard InChI is InChI=1S/C22H21NO7S/c1-3-31-16-11-15-14(9-6-10-17(24)28-2)19(25)23(15)18(16)21(27)30-22-13-8-5-4-7-12(13)20(26)29-22/h4-8,10-11,14-15,18,22H,3,9H2,1-2H3/b10-6+/t14?,15?,18-,22?/m1/s1. The number of esters is 3. The van der Waals surface area contributed by atoms with Gasteiger partial charge in [-0.15, -0.1) is 11.8 Å². The molecule has 3 aliphatic rings. The highest BCUT2D eigenvalue weighted by Crippen LogP contribution is 2.45. The normalized spacial score (nSPS) is 26.1. The number of hydrogen-bond donors (Lipinski definition) is 0. The number of ether oxygens (including phenoxy) is 3. The summed E-state index contributed by atoms with van der Waals surface area (Å²) < 4.78 is 15.3. The summed E-state index contributed by atoms with van der Waals surface area (Å²) in [6.07, 6.45) is 4.04. The molecule has 9 heteroatoms. The number of rotatable bonds is 7. The highest BCUT2D eigenvalue weighted by molar-refractivity contribution is 8.03. The van der Waals surface area contributed by atoms with Crippen LogP contribution < -0.4 is 0 Å². The third kappa shape index (κ3) is 3.74. The Labute approximate surface area is 183 Å². The number of hydrogen-bond acceptors (Lipinski definition) is 8. The van der Waals surface area contributed by atoms with Crippen molar-refractivity contribution in [2.24, 2.45) is 5.92 Å². The van der Waals surface area contributed by atoms with Crippen LogP contribution in [0.5, 0.6) is 0 Å². The van der Waals surface area contributed by atoms with Crippen molar-refractivity contribution in [2.45, 2.75) is 31.7 Å². The molecule has 0 bridgehead atoms. The van der Waals surface area contributed by atoms with Crippen LogP contribution in [0.15, 0.2) is 47.4 Å². The maximum absolute atomic E-state index is 13.1. The van der Waals surface area contributed by atoms with E-state index >= 15 is 0 Å². The molecule has 0 saturated carbocycles. The monoisotopic (exact) mass is 443 g/mol. The molecule has 0 aliphatic carbocycles. The van der Waals surface area contributed by atoms with Crippen LogP contribution in [-0.2, 0) is 28.6 Å². The average Bonchev–Trinajstić information content (AvgIpc) is 3.27. The zero-order valence-electron chi connectivity index (χ0n) is 17.0. The average molecular weight is 443 g/mol. The van der Waals surface area contributed by atoms with Gasteiger partial charge in [0.15, 0.2) is 6.04 Å². The molecule has 1 fully saturated rings. The van der Waals surface area contributed by atoms with Gasteiger partial charge in [0.1, 0.15) is 0 Å². The first kappa shape index (κ1) is 21.2. The van der Waals surface area contributed by atoms with E-state index in [4.69, 9.17) is 9.47 Å². The predicted molar refractivity (Wildman–Crippen MR) is 111 cm³/mol. The first-order valence-corrected chi connectivity index (χ1v) is 10.9. The third-order valence-electron chi connectivity index (χ3n) is 5.44. The van der Waals surface area contributed by atoms with Crippen molar-refractivity contribution in [3.63, 3.8) is 0 Å². The van der Waals surface area contributed by atoms with E-state index in [-0.39, 0.29) is 17.9 Å². The SMILES string of the molecule is CCSC1=CC2C(C/C=C/C(=O)OC)C(=O)N2[C@H]1C(=O)OC1OC(=O)c2ccccc21. The first-order chi connectivity index (χ1) is 15.0. The Morgan fingerprint density at radius 2 is 2.03 bits per heavy atom. The van der Waals surface area contributed by atoms with E-state index in [9.17, 15) is 19.2 Å². The number of carbonyl (C=O) groups excluding carboxylic acids is 4. The van der Waals surface area contributed by atoms with E-state index in [1.807, 2.05) is 13.0 Å². The molecule has 1 aromatic rings. The molecule has 3 heterocycles. The number of amides is 1. The molecule has 8 nitrogen and oxygen atoms in total. The van der Waals surface area contributed by atoms with Crippen molar-refractivity contribution in [1.82, 2.24) is 4.90 Å². The maximum atomic E-state index is 13.1. The second-order valence-corrected chi connectivity index (χ2v) is 8.51. The fourth-order valence-electron chi connectivity index (χ4n) is 4.00. The van der Waals surface area contributed by atoms with Crippen molar-refractivity contribution in [1.29, 1.82) is 0 Å². The molecule has 162 valence electrons. The largest absolute Gasteiger partial charge is 0.466 e. The topological polar surface area (TPSA) is 99.2 Å². The number of nitrogens with zero attached hydrogens (tertiary/aromatic N) is 1. The Morgan fingerprint density at radius 1 is 1.26 bits per heavy atom. The Kier molecular flexibility index (Phi) is 5.86. The number of methoxy groups -OCH3 is 1. The van der Waals surface area contributed by atoms with Crippen LogP contribution in [0.4, 0.5) is 0 Å². The van der Waals surface area contributed by atoms with Crippen molar-refractivity contribution in [2.75, 3.05) is 12.9 Å². The Bertz CT molecular complexity index is 1000. The molecule has 31 heavy (non-hydrogen) atoms. The van der Waals surface area contributed by atoms with Gasteiger partial charge in [-0.1, -0.05) is 31.2 Å². The van der Waals surface area contributed by atoms with Gasteiger partial charge in [-0.25, -0.2) is 14.4 Å². The molecule has 0 radical (unpaired) electrons. The lowest BCUT2D eigenvalue weighted by Gasteiger charge is -2.44. The lowest BCUT2D eigenvalue weighted by molar-refractivity contribution is -0.179. The summed E-state index contributed by atoms with van der Waals surface area (Å²) in [6.45, 7) is 1.96. The van der Waals surface area contributed by atoms with E-state index in [2.05, 4.69) is 4.74 Å². The summed E-state index contributed by atoms with van der Waals surface area (Å²) in [4.78, 5) is 51.3. The van der Waals surface area contributed by atoms with E-state index in [1.165, 1.54) is 29.8 Å². The summed E-state index contributed by atoms with van der Waals surface area (Å²) in [7, 11) is 1.28. The quantitative estimate of drug-likeness (QED) is 0.360. The van der Waals surface area contributed by atoms with Gasteiger partial charge in [-0.05, 0) is 24.3 Å². The molecule has 3 unspecified atom stereocenters. The number of allylic oxidation sites excluding steroid dienone is 1. The van der Waals surface area contributed by atoms with Crippen molar-refractivity contribution < 1.29 is 33.4 Å². The predicted octanol–water partition coefficient (Wildman–Crippen LogP) is 2.36. The molecule has 0 aromatic heterocycles. The van der Waals surface area contributed by atoms with Crippen LogP contribution in [0.1, 0.15) is 35.6 Å². The van der Waals surface area contributed by atoms with Crippen LogP contribution in [0.25, 0.3) is 0 Å². The van der Waals surface area contributed by atoms with Gasteiger partial charge < -0.3 is 19.1 Å². The van der Waals surface area contributed by atoms with E-state index in [1.54, 1.807) is 30.3 Å². The Hall–Kier alpha value is -3.07. The Morgan fingerprint density at radius 3 is 2.77 bits per heavy atom. The molecule has 1 aromatic carbocycles. The minimum Gasteiger partial charge on any atom is -0.466 e. The van der Waals surface area contributed by atoms with Crippen molar-refractivity contribution in [3.05, 3.63) is 58.5 Å².